The van der Waals surface area contributed by atoms with Gasteiger partial charge in [-0.25, -0.2) is 0 Å². The van der Waals surface area contributed by atoms with Crippen molar-refractivity contribution >= 4 is 0 Å². The Morgan fingerprint density at radius 3 is 2.57 bits per heavy atom. The molecule has 1 rings (SSSR count). The van der Waals surface area contributed by atoms with Gasteiger partial charge in [0.25, 0.3) is 0 Å². The van der Waals surface area contributed by atoms with Crippen molar-refractivity contribution < 1.29 is 4.74 Å². The van der Waals surface area contributed by atoms with E-state index in [4.69, 9.17) is 4.74 Å². The van der Waals surface area contributed by atoms with Crippen molar-refractivity contribution in [3.8, 4) is 0 Å². The van der Waals surface area contributed by atoms with Crippen molar-refractivity contribution in [1.82, 2.24) is 5.32 Å². The van der Waals surface area contributed by atoms with Gasteiger partial charge in [-0.2, -0.15) is 0 Å². The quantitative estimate of drug-likeness (QED) is 0.710. The van der Waals surface area contributed by atoms with E-state index in [1.807, 2.05) is 7.05 Å². The molecule has 0 aromatic carbocycles. The molecular formula is C12H25NO. The molecule has 1 aliphatic rings. The number of hydrogen-bond donors (Lipinski definition) is 1. The van der Waals surface area contributed by atoms with Crippen LogP contribution in [0, 0.1) is 5.92 Å². The fourth-order valence-corrected chi connectivity index (χ4v) is 2.42. The molecule has 84 valence electrons. The zero-order valence-corrected chi connectivity index (χ0v) is 9.72. The van der Waals surface area contributed by atoms with Crippen LogP contribution in [0.1, 0.15) is 44.9 Å². The molecular weight excluding hydrogens is 174 g/mol. The van der Waals surface area contributed by atoms with E-state index >= 15 is 0 Å². The molecule has 0 aromatic heterocycles. The van der Waals surface area contributed by atoms with Crippen LogP contribution in [0.15, 0.2) is 0 Å². The van der Waals surface area contributed by atoms with Crippen molar-refractivity contribution in [3.63, 3.8) is 0 Å². The van der Waals surface area contributed by atoms with Crippen molar-refractivity contribution in [2.45, 2.75) is 51.0 Å². The number of likely N-dealkylation sites (N-methyl/N-ethyl adjacent to an activating group) is 1. The van der Waals surface area contributed by atoms with Gasteiger partial charge in [0, 0.05) is 13.2 Å². The Morgan fingerprint density at radius 2 is 2.00 bits per heavy atom. The minimum atomic E-state index is 0.557. The molecule has 0 radical (unpaired) electrons. The van der Waals surface area contributed by atoms with Crippen molar-refractivity contribution in [2.75, 3.05) is 20.8 Å². The molecule has 1 saturated carbocycles. The standard InChI is InChI=1S/C12H25NO/c1-13-12(10-14-2)9-8-11-6-4-3-5-7-11/h11-13H,3-10H2,1-2H3. The average molecular weight is 199 g/mol. The maximum Gasteiger partial charge on any atom is 0.0615 e. The van der Waals surface area contributed by atoms with Crippen LogP contribution >= 0.6 is 0 Å². The smallest absolute Gasteiger partial charge is 0.0615 e. The molecule has 2 heteroatoms. The average Bonchev–Trinajstić information content (AvgIpc) is 2.25. The van der Waals surface area contributed by atoms with E-state index in [2.05, 4.69) is 5.32 Å². The minimum absolute atomic E-state index is 0.557. The zero-order valence-electron chi connectivity index (χ0n) is 9.72. The summed E-state index contributed by atoms with van der Waals surface area (Å²) in [7, 11) is 3.81. The molecule has 2 nitrogen and oxygen atoms in total. The van der Waals surface area contributed by atoms with Crippen LogP contribution in [0.4, 0.5) is 0 Å². The Kier molecular flexibility index (Phi) is 6.20. The van der Waals surface area contributed by atoms with Gasteiger partial charge in [-0.1, -0.05) is 32.1 Å². The van der Waals surface area contributed by atoms with Gasteiger partial charge >= 0.3 is 0 Å². The molecule has 14 heavy (non-hydrogen) atoms. The molecule has 0 amide bonds. The van der Waals surface area contributed by atoms with Gasteiger partial charge in [0.15, 0.2) is 0 Å². The van der Waals surface area contributed by atoms with E-state index in [0.29, 0.717) is 6.04 Å². The molecule has 0 aliphatic heterocycles. The molecule has 1 unspecified atom stereocenters. The van der Waals surface area contributed by atoms with Gasteiger partial charge < -0.3 is 10.1 Å². The SMILES string of the molecule is CNC(CCC1CCCCC1)COC. The van der Waals surface area contributed by atoms with Gasteiger partial charge in [-0.3, -0.25) is 0 Å². The first kappa shape index (κ1) is 12.0. The lowest BCUT2D eigenvalue weighted by Crippen LogP contribution is -2.30. The maximum absolute atomic E-state index is 5.17. The second kappa shape index (κ2) is 7.24. The van der Waals surface area contributed by atoms with Gasteiger partial charge in [-0.05, 0) is 25.8 Å². The third-order valence-electron chi connectivity index (χ3n) is 3.42. The monoisotopic (exact) mass is 199 g/mol. The summed E-state index contributed by atoms with van der Waals surface area (Å²) in [6, 6.07) is 0.557. The first-order chi connectivity index (χ1) is 6.86. The normalized spacial score (nSPS) is 21.0. The van der Waals surface area contributed by atoms with Crippen molar-refractivity contribution in [2.24, 2.45) is 5.92 Å². The Morgan fingerprint density at radius 1 is 1.29 bits per heavy atom. The lowest BCUT2D eigenvalue weighted by atomic mass is 9.85. The first-order valence-corrected chi connectivity index (χ1v) is 6.03. The summed E-state index contributed by atoms with van der Waals surface area (Å²) in [5.41, 5.74) is 0. The van der Waals surface area contributed by atoms with Crippen LogP contribution in [0.3, 0.4) is 0 Å². The number of nitrogens with one attached hydrogen (secondary N) is 1. The van der Waals surface area contributed by atoms with Crippen LogP contribution in [0.2, 0.25) is 0 Å². The summed E-state index contributed by atoms with van der Waals surface area (Å²) in [5, 5.41) is 3.32. The highest BCUT2D eigenvalue weighted by Crippen LogP contribution is 2.27. The second-order valence-electron chi connectivity index (χ2n) is 4.52. The van der Waals surface area contributed by atoms with Gasteiger partial charge in [-0.15, -0.1) is 0 Å². The third kappa shape index (κ3) is 4.43. The van der Waals surface area contributed by atoms with Gasteiger partial charge in [0.2, 0.25) is 0 Å². The Bertz CT molecular complexity index is 128. The van der Waals surface area contributed by atoms with Crippen LogP contribution in [-0.4, -0.2) is 26.8 Å². The molecule has 0 saturated heterocycles. The Balaban J connectivity index is 2.10. The Labute approximate surface area is 88.4 Å². The molecule has 1 atom stereocenters. The van der Waals surface area contributed by atoms with E-state index in [-0.39, 0.29) is 0 Å². The fourth-order valence-electron chi connectivity index (χ4n) is 2.42. The summed E-state index contributed by atoms with van der Waals surface area (Å²) in [4.78, 5) is 0. The summed E-state index contributed by atoms with van der Waals surface area (Å²) in [5.74, 6) is 0.997. The molecule has 0 bridgehead atoms. The summed E-state index contributed by atoms with van der Waals surface area (Å²) < 4.78 is 5.17. The van der Waals surface area contributed by atoms with Crippen molar-refractivity contribution in [3.05, 3.63) is 0 Å². The highest BCUT2D eigenvalue weighted by molar-refractivity contribution is 4.70. The minimum Gasteiger partial charge on any atom is -0.383 e. The van der Waals surface area contributed by atoms with E-state index in [9.17, 15) is 0 Å². The number of hydrogen-bond acceptors (Lipinski definition) is 2. The Hall–Kier alpha value is -0.0800. The molecule has 1 N–H and O–H groups in total. The number of ether oxygens (including phenoxy) is 1. The van der Waals surface area contributed by atoms with Crippen LogP contribution < -0.4 is 5.32 Å². The predicted octanol–water partition coefficient (Wildman–Crippen LogP) is 2.58. The zero-order chi connectivity index (χ0) is 10.2. The molecule has 0 aromatic rings. The maximum atomic E-state index is 5.17. The van der Waals surface area contributed by atoms with E-state index < -0.39 is 0 Å². The lowest BCUT2D eigenvalue weighted by molar-refractivity contribution is 0.160. The molecule has 1 aliphatic carbocycles. The second-order valence-corrected chi connectivity index (χ2v) is 4.52. The molecule has 0 heterocycles. The largest absolute Gasteiger partial charge is 0.383 e. The molecule has 1 fully saturated rings. The first-order valence-electron chi connectivity index (χ1n) is 6.03. The third-order valence-corrected chi connectivity index (χ3v) is 3.42. The van der Waals surface area contributed by atoms with Crippen LogP contribution in [0.25, 0.3) is 0 Å². The van der Waals surface area contributed by atoms with E-state index in [0.717, 1.165) is 12.5 Å². The summed E-state index contributed by atoms with van der Waals surface area (Å²) in [6.07, 6.45) is 9.96. The van der Waals surface area contributed by atoms with Gasteiger partial charge in [0.1, 0.15) is 0 Å². The van der Waals surface area contributed by atoms with E-state index in [1.54, 1.807) is 7.11 Å². The lowest BCUT2D eigenvalue weighted by Gasteiger charge is -2.23. The summed E-state index contributed by atoms with van der Waals surface area (Å²) in [6.45, 7) is 0.850. The predicted molar refractivity (Wildman–Crippen MR) is 60.5 cm³/mol. The van der Waals surface area contributed by atoms with Crippen molar-refractivity contribution in [1.29, 1.82) is 0 Å². The highest BCUT2D eigenvalue weighted by Gasteiger charge is 2.15. The summed E-state index contributed by atoms with van der Waals surface area (Å²) >= 11 is 0. The van der Waals surface area contributed by atoms with Crippen LogP contribution in [-0.2, 0) is 4.74 Å². The topological polar surface area (TPSA) is 21.3 Å². The number of methoxy groups -OCH3 is 1. The molecule has 0 spiro atoms. The highest BCUT2D eigenvalue weighted by atomic mass is 16.5. The van der Waals surface area contributed by atoms with Gasteiger partial charge in [0.05, 0.1) is 6.61 Å². The fraction of sp³-hybridized carbons (Fsp3) is 1.00. The van der Waals surface area contributed by atoms with E-state index in [1.165, 1.54) is 44.9 Å². The van der Waals surface area contributed by atoms with Crippen LogP contribution in [0.5, 0.6) is 0 Å². The number of rotatable bonds is 6.